The Bertz CT molecular complexity index is 655. The summed E-state index contributed by atoms with van der Waals surface area (Å²) in [6.45, 7) is 0. The summed E-state index contributed by atoms with van der Waals surface area (Å²) in [5.74, 6) is -1.14. The van der Waals surface area contributed by atoms with Gasteiger partial charge in [-0.3, -0.25) is 4.57 Å². The number of hydrogen-bond acceptors (Lipinski definition) is 3. The van der Waals surface area contributed by atoms with E-state index in [-0.39, 0.29) is 5.56 Å². The summed E-state index contributed by atoms with van der Waals surface area (Å²) in [7, 11) is -4.62. The van der Waals surface area contributed by atoms with Crippen LogP contribution in [0.15, 0.2) is 48.5 Å². The molecule has 2 aromatic rings. The zero-order chi connectivity index (χ0) is 14.8. The van der Waals surface area contributed by atoms with Gasteiger partial charge in [-0.1, -0.05) is 35.9 Å². The van der Waals surface area contributed by atoms with Gasteiger partial charge in [-0.25, -0.2) is 0 Å². The molecule has 0 radical (unpaired) electrons. The molecule has 0 spiro atoms. The Morgan fingerprint density at radius 1 is 1.10 bits per heavy atom. The molecule has 0 bridgehead atoms. The predicted octanol–water partition coefficient (Wildman–Crippen LogP) is 3.30. The summed E-state index contributed by atoms with van der Waals surface area (Å²) in [5, 5.41) is 9.97. The van der Waals surface area contributed by atoms with Gasteiger partial charge < -0.3 is 19.6 Å². The van der Waals surface area contributed by atoms with Gasteiger partial charge in [0, 0.05) is 0 Å². The van der Waals surface area contributed by atoms with Crippen LogP contribution in [0.25, 0.3) is 0 Å². The maximum Gasteiger partial charge on any atom is 0.358 e. The van der Waals surface area contributed by atoms with Gasteiger partial charge in [-0.15, -0.1) is 0 Å². The van der Waals surface area contributed by atoms with E-state index >= 15 is 0 Å². The lowest BCUT2D eigenvalue weighted by atomic mass is 10.2. The van der Waals surface area contributed by atoms with Crippen LogP contribution >= 0.6 is 19.2 Å². The topological polar surface area (TPSA) is 87.0 Å². The second-order valence-electron chi connectivity index (χ2n) is 4.07. The van der Waals surface area contributed by atoms with Gasteiger partial charge in [0.1, 0.15) is 11.5 Å². The number of hydrogen-bond donors (Lipinski definition) is 3. The van der Waals surface area contributed by atoms with E-state index in [0.29, 0.717) is 16.5 Å². The fraction of sp³-hybridized carbons (Fsp3) is 0.0769. The number of para-hydroxylation sites is 1. The maximum absolute atomic E-state index is 11.0. The smallest absolute Gasteiger partial charge is 0.358 e. The molecule has 2 aromatic carbocycles. The molecule has 2 rings (SSSR count). The van der Waals surface area contributed by atoms with Crippen molar-refractivity contribution < 1.29 is 24.2 Å². The summed E-state index contributed by atoms with van der Waals surface area (Å²) in [6.07, 6.45) is 0. The molecular weight excluding hydrogens is 303 g/mol. The molecule has 20 heavy (non-hydrogen) atoms. The first kappa shape index (κ1) is 15.0. The number of ether oxygens (including phenoxy) is 1. The minimum Gasteiger partial charge on any atom is -0.456 e. The van der Waals surface area contributed by atoms with Gasteiger partial charge in [0.15, 0.2) is 5.85 Å². The predicted molar refractivity (Wildman–Crippen MR) is 75.0 cm³/mol. The van der Waals surface area contributed by atoms with Crippen LogP contribution in [0.1, 0.15) is 11.4 Å². The largest absolute Gasteiger partial charge is 0.456 e. The highest BCUT2D eigenvalue weighted by molar-refractivity contribution is 7.51. The maximum atomic E-state index is 11.0. The van der Waals surface area contributed by atoms with Gasteiger partial charge in [0.25, 0.3) is 0 Å². The van der Waals surface area contributed by atoms with Crippen LogP contribution < -0.4 is 4.74 Å². The Labute approximate surface area is 120 Å². The van der Waals surface area contributed by atoms with E-state index in [1.54, 1.807) is 30.3 Å². The van der Waals surface area contributed by atoms with Crippen molar-refractivity contribution in [1.29, 1.82) is 0 Å². The first-order valence-electron chi connectivity index (χ1n) is 5.63. The fourth-order valence-electron chi connectivity index (χ4n) is 1.59. The minimum atomic E-state index is -4.62. The average molecular weight is 315 g/mol. The summed E-state index contributed by atoms with van der Waals surface area (Å²) < 4.78 is 16.6. The first-order valence-corrected chi connectivity index (χ1v) is 7.69. The van der Waals surface area contributed by atoms with Crippen LogP contribution in [0.4, 0.5) is 0 Å². The van der Waals surface area contributed by atoms with Crippen molar-refractivity contribution in [3.63, 3.8) is 0 Å². The summed E-state index contributed by atoms with van der Waals surface area (Å²) in [4.78, 5) is 17.9. The molecule has 3 N–H and O–H groups in total. The molecule has 0 fully saturated rings. The molecular formula is C13H12ClO5P. The number of aliphatic hydroxyl groups excluding tert-OH is 1. The van der Waals surface area contributed by atoms with Crippen molar-refractivity contribution >= 4 is 19.2 Å². The van der Waals surface area contributed by atoms with Crippen molar-refractivity contribution in [3.05, 3.63) is 59.1 Å². The molecule has 0 amide bonds. The second-order valence-corrected chi connectivity index (χ2v) is 6.14. The van der Waals surface area contributed by atoms with Gasteiger partial charge >= 0.3 is 7.60 Å². The van der Waals surface area contributed by atoms with E-state index in [1.165, 1.54) is 18.2 Å². The van der Waals surface area contributed by atoms with Crippen LogP contribution in [0.5, 0.6) is 11.5 Å². The fourth-order valence-corrected chi connectivity index (χ4v) is 2.31. The van der Waals surface area contributed by atoms with Gasteiger partial charge in [-0.05, 0) is 29.8 Å². The Hall–Kier alpha value is -1.36. The lowest BCUT2D eigenvalue weighted by molar-refractivity contribution is 0.205. The molecule has 0 aliphatic heterocycles. The number of aliphatic hydroxyl groups is 1. The molecule has 0 saturated carbocycles. The first-order chi connectivity index (χ1) is 9.38. The highest BCUT2D eigenvalue weighted by atomic mass is 35.5. The molecule has 0 saturated heterocycles. The van der Waals surface area contributed by atoms with E-state index in [4.69, 9.17) is 26.1 Å². The Morgan fingerprint density at radius 2 is 1.80 bits per heavy atom. The normalized spacial score (nSPS) is 13.0. The van der Waals surface area contributed by atoms with Crippen LogP contribution in [0, 0.1) is 0 Å². The van der Waals surface area contributed by atoms with Crippen LogP contribution in [0.2, 0.25) is 5.02 Å². The monoisotopic (exact) mass is 314 g/mol. The molecule has 0 aliphatic rings. The van der Waals surface area contributed by atoms with Crippen molar-refractivity contribution in [2.45, 2.75) is 5.85 Å². The molecule has 106 valence electrons. The third-order valence-electron chi connectivity index (χ3n) is 2.54. The number of rotatable bonds is 4. The zero-order valence-electron chi connectivity index (χ0n) is 10.2. The SMILES string of the molecule is O=P(O)(O)C(O)c1cccc(Oc2ccccc2Cl)c1. The number of halogens is 1. The average Bonchev–Trinajstić information content (AvgIpc) is 2.40. The second kappa shape index (κ2) is 5.95. The summed E-state index contributed by atoms with van der Waals surface area (Å²) in [6, 6.07) is 12.7. The Morgan fingerprint density at radius 3 is 2.45 bits per heavy atom. The van der Waals surface area contributed by atoms with Crippen LogP contribution in [-0.2, 0) is 4.57 Å². The molecule has 0 aromatic heterocycles. The van der Waals surface area contributed by atoms with Gasteiger partial charge in [0.2, 0.25) is 0 Å². The lowest BCUT2D eigenvalue weighted by Gasteiger charge is -2.14. The molecule has 1 unspecified atom stereocenters. The standard InChI is InChI=1S/C13H12ClO5P/c14-11-6-1-2-7-12(11)19-10-5-3-4-9(8-10)13(15)20(16,17)18/h1-8,13,15H,(H2,16,17,18). The van der Waals surface area contributed by atoms with E-state index in [2.05, 4.69) is 0 Å². The van der Waals surface area contributed by atoms with Crippen LogP contribution in [-0.4, -0.2) is 14.9 Å². The lowest BCUT2D eigenvalue weighted by Crippen LogP contribution is -1.98. The summed E-state index contributed by atoms with van der Waals surface area (Å²) in [5.41, 5.74) is 0.0721. The van der Waals surface area contributed by atoms with E-state index in [1.807, 2.05) is 0 Å². The summed E-state index contributed by atoms with van der Waals surface area (Å²) >= 11 is 5.95. The van der Waals surface area contributed by atoms with Crippen molar-refractivity contribution in [3.8, 4) is 11.5 Å². The van der Waals surface area contributed by atoms with Gasteiger partial charge in [-0.2, -0.15) is 0 Å². The third kappa shape index (κ3) is 3.60. The Balaban J connectivity index is 2.27. The third-order valence-corrected chi connectivity index (χ3v) is 3.79. The van der Waals surface area contributed by atoms with E-state index in [0.717, 1.165) is 0 Å². The van der Waals surface area contributed by atoms with E-state index < -0.39 is 13.4 Å². The highest BCUT2D eigenvalue weighted by Gasteiger charge is 2.28. The highest BCUT2D eigenvalue weighted by Crippen LogP contribution is 2.50. The van der Waals surface area contributed by atoms with Crippen molar-refractivity contribution in [2.24, 2.45) is 0 Å². The van der Waals surface area contributed by atoms with Crippen LogP contribution in [0.3, 0.4) is 0 Å². The van der Waals surface area contributed by atoms with Crippen molar-refractivity contribution in [1.82, 2.24) is 0 Å². The Kier molecular flexibility index (Phi) is 4.48. The quantitative estimate of drug-likeness (QED) is 0.754. The molecule has 0 aliphatic carbocycles. The molecule has 1 atom stereocenters. The minimum absolute atomic E-state index is 0.0721. The van der Waals surface area contributed by atoms with Crippen molar-refractivity contribution in [2.75, 3.05) is 0 Å². The molecule has 0 heterocycles. The molecule has 7 heteroatoms. The zero-order valence-corrected chi connectivity index (χ0v) is 11.8. The number of benzene rings is 2. The van der Waals surface area contributed by atoms with Gasteiger partial charge in [0.05, 0.1) is 5.02 Å². The molecule has 5 nitrogen and oxygen atoms in total. The van der Waals surface area contributed by atoms with E-state index in [9.17, 15) is 9.67 Å².